The Morgan fingerprint density at radius 1 is 1.35 bits per heavy atom. The Hall–Kier alpha value is -3.16. The SMILES string of the molecule is CC(=O)c1ccc(-c2cc(Cl)c3c(c2)CC(CNC(=O)/C=C/c2cnccc2N)O3)s1. The zero-order valence-electron chi connectivity index (χ0n) is 16.7. The van der Waals surface area contributed by atoms with E-state index in [1.807, 2.05) is 24.3 Å². The molecule has 1 aliphatic rings. The molecule has 1 atom stereocenters. The van der Waals surface area contributed by atoms with Crippen LogP contribution >= 0.6 is 22.9 Å². The molecule has 6 nitrogen and oxygen atoms in total. The standard InChI is InChI=1S/C23H20ClN3O3S/c1-13(28)20-3-4-21(31-20)15-8-16-9-17(30-23(16)18(24)10-15)12-27-22(29)5-2-14-11-26-7-6-19(14)25/h2-8,10-11,17H,9,12H2,1H3,(H2,25,26)(H,27,29)/b5-2+. The molecule has 0 saturated heterocycles. The van der Waals surface area contributed by atoms with E-state index in [2.05, 4.69) is 10.3 Å². The van der Waals surface area contributed by atoms with Gasteiger partial charge in [0.25, 0.3) is 0 Å². The van der Waals surface area contributed by atoms with Crippen molar-refractivity contribution in [1.29, 1.82) is 0 Å². The van der Waals surface area contributed by atoms with Crippen LogP contribution in [0.15, 0.2) is 48.8 Å². The number of pyridine rings is 1. The van der Waals surface area contributed by atoms with Crippen molar-refractivity contribution >= 4 is 46.4 Å². The van der Waals surface area contributed by atoms with Gasteiger partial charge in [0.2, 0.25) is 5.91 Å². The van der Waals surface area contributed by atoms with Crippen LogP contribution in [0.5, 0.6) is 5.75 Å². The first-order chi connectivity index (χ1) is 14.9. The molecule has 31 heavy (non-hydrogen) atoms. The van der Waals surface area contributed by atoms with E-state index < -0.39 is 0 Å². The minimum absolute atomic E-state index is 0.0444. The lowest BCUT2D eigenvalue weighted by Gasteiger charge is -2.11. The topological polar surface area (TPSA) is 94.3 Å². The predicted octanol–water partition coefficient (Wildman–Crippen LogP) is 4.38. The maximum absolute atomic E-state index is 12.2. The van der Waals surface area contributed by atoms with Crippen molar-refractivity contribution in [2.45, 2.75) is 19.4 Å². The minimum Gasteiger partial charge on any atom is -0.486 e. The zero-order chi connectivity index (χ0) is 22.0. The van der Waals surface area contributed by atoms with E-state index in [1.54, 1.807) is 31.5 Å². The van der Waals surface area contributed by atoms with Crippen molar-refractivity contribution in [1.82, 2.24) is 10.3 Å². The molecule has 0 saturated carbocycles. The Kier molecular flexibility index (Phi) is 6.06. The normalized spacial score (nSPS) is 15.0. The van der Waals surface area contributed by atoms with E-state index in [0.29, 0.717) is 39.9 Å². The Labute approximate surface area is 188 Å². The molecule has 4 rings (SSSR count). The molecular weight excluding hydrogens is 434 g/mol. The van der Waals surface area contributed by atoms with E-state index in [0.717, 1.165) is 16.0 Å². The molecule has 1 unspecified atom stereocenters. The maximum atomic E-state index is 12.2. The van der Waals surface area contributed by atoms with Gasteiger partial charge in [-0.1, -0.05) is 11.6 Å². The number of nitrogens with two attached hydrogens (primary N) is 1. The molecule has 1 amide bonds. The number of hydrogen-bond acceptors (Lipinski definition) is 6. The number of hydrogen-bond donors (Lipinski definition) is 2. The van der Waals surface area contributed by atoms with Gasteiger partial charge in [-0.25, -0.2) is 0 Å². The van der Waals surface area contributed by atoms with Crippen LogP contribution in [-0.2, 0) is 11.2 Å². The van der Waals surface area contributed by atoms with E-state index >= 15 is 0 Å². The first-order valence-electron chi connectivity index (χ1n) is 9.66. The van der Waals surface area contributed by atoms with E-state index in [4.69, 9.17) is 22.1 Å². The maximum Gasteiger partial charge on any atom is 0.244 e. The highest BCUT2D eigenvalue weighted by Gasteiger charge is 2.26. The number of thiophene rings is 1. The minimum atomic E-state index is -0.245. The Balaban J connectivity index is 1.39. The molecule has 3 heterocycles. The fraction of sp³-hybridized carbons (Fsp3) is 0.174. The number of nitrogen functional groups attached to an aromatic ring is 1. The van der Waals surface area contributed by atoms with Gasteiger partial charge in [0.05, 0.1) is 16.4 Å². The highest BCUT2D eigenvalue weighted by atomic mass is 35.5. The van der Waals surface area contributed by atoms with Crippen LogP contribution in [0.2, 0.25) is 5.02 Å². The highest BCUT2D eigenvalue weighted by molar-refractivity contribution is 7.17. The monoisotopic (exact) mass is 453 g/mol. The average molecular weight is 454 g/mol. The number of rotatable bonds is 6. The number of ketones is 1. The van der Waals surface area contributed by atoms with Gasteiger partial charge in [-0.3, -0.25) is 14.6 Å². The fourth-order valence-electron chi connectivity index (χ4n) is 3.32. The van der Waals surface area contributed by atoms with Gasteiger partial charge in [-0.05, 0) is 48.9 Å². The molecule has 1 aliphatic heterocycles. The molecule has 0 fully saturated rings. The quantitative estimate of drug-likeness (QED) is 0.426. The van der Waals surface area contributed by atoms with E-state index in [-0.39, 0.29) is 17.8 Å². The molecule has 2 aromatic heterocycles. The summed E-state index contributed by atoms with van der Waals surface area (Å²) in [7, 11) is 0. The number of nitrogens with zero attached hydrogens (tertiary/aromatic N) is 1. The van der Waals surface area contributed by atoms with Gasteiger partial charge in [-0.15, -0.1) is 11.3 Å². The molecule has 0 bridgehead atoms. The number of amides is 1. The van der Waals surface area contributed by atoms with Crippen LogP contribution in [0, 0.1) is 0 Å². The number of anilines is 1. The number of halogens is 1. The van der Waals surface area contributed by atoms with E-state index in [9.17, 15) is 9.59 Å². The number of carbonyl (C=O) groups excluding carboxylic acids is 2. The van der Waals surface area contributed by atoms with Crippen molar-refractivity contribution in [3.05, 3.63) is 69.8 Å². The predicted molar refractivity (Wildman–Crippen MR) is 124 cm³/mol. The molecular formula is C23H20ClN3O3S. The molecule has 158 valence electrons. The first kappa shape index (κ1) is 21.1. The third-order valence-electron chi connectivity index (χ3n) is 4.90. The summed E-state index contributed by atoms with van der Waals surface area (Å²) in [6, 6.07) is 9.30. The van der Waals surface area contributed by atoms with Gasteiger partial charge in [0.1, 0.15) is 11.9 Å². The van der Waals surface area contributed by atoms with Crippen molar-refractivity contribution in [3.63, 3.8) is 0 Å². The summed E-state index contributed by atoms with van der Waals surface area (Å²) in [6.45, 7) is 1.90. The third kappa shape index (κ3) is 4.78. The Bertz CT molecular complexity index is 1190. The summed E-state index contributed by atoms with van der Waals surface area (Å²) in [4.78, 5) is 29.4. The molecule has 0 aliphatic carbocycles. The number of carbonyl (C=O) groups is 2. The summed E-state index contributed by atoms with van der Waals surface area (Å²) >= 11 is 7.89. The van der Waals surface area contributed by atoms with E-state index in [1.165, 1.54) is 17.4 Å². The van der Waals surface area contributed by atoms with Crippen LogP contribution < -0.4 is 15.8 Å². The lowest BCUT2D eigenvalue weighted by molar-refractivity contribution is -0.116. The lowest BCUT2D eigenvalue weighted by Crippen LogP contribution is -2.33. The number of nitrogens with one attached hydrogen (secondary N) is 1. The largest absolute Gasteiger partial charge is 0.486 e. The Morgan fingerprint density at radius 2 is 2.19 bits per heavy atom. The van der Waals surface area contributed by atoms with Crippen LogP contribution in [-0.4, -0.2) is 29.3 Å². The molecule has 8 heteroatoms. The Morgan fingerprint density at radius 3 is 2.94 bits per heavy atom. The average Bonchev–Trinajstić information content (AvgIpc) is 3.39. The smallest absolute Gasteiger partial charge is 0.244 e. The molecule has 0 radical (unpaired) electrons. The number of aromatic nitrogens is 1. The zero-order valence-corrected chi connectivity index (χ0v) is 18.3. The second-order valence-electron chi connectivity index (χ2n) is 7.19. The van der Waals surface area contributed by atoms with Gasteiger partial charge >= 0.3 is 0 Å². The van der Waals surface area contributed by atoms with Crippen molar-refractivity contribution in [3.8, 4) is 16.2 Å². The van der Waals surface area contributed by atoms with Gasteiger partial charge in [0, 0.05) is 46.6 Å². The molecule has 0 spiro atoms. The van der Waals surface area contributed by atoms with Crippen LogP contribution in [0.25, 0.3) is 16.5 Å². The highest BCUT2D eigenvalue weighted by Crippen LogP contribution is 2.41. The number of ether oxygens (including phenoxy) is 1. The number of fused-ring (bicyclic) bond motifs is 1. The third-order valence-corrected chi connectivity index (χ3v) is 6.41. The summed E-state index contributed by atoms with van der Waals surface area (Å²) in [5, 5.41) is 3.36. The van der Waals surface area contributed by atoms with Gasteiger partial charge in [0.15, 0.2) is 5.78 Å². The first-order valence-corrected chi connectivity index (χ1v) is 10.9. The summed E-state index contributed by atoms with van der Waals surface area (Å²) in [5.41, 5.74) is 9.02. The van der Waals surface area contributed by atoms with Crippen molar-refractivity contribution in [2.75, 3.05) is 12.3 Å². The van der Waals surface area contributed by atoms with Crippen LogP contribution in [0.3, 0.4) is 0 Å². The summed E-state index contributed by atoms with van der Waals surface area (Å²) in [6.07, 6.45) is 6.67. The van der Waals surface area contributed by atoms with Crippen molar-refractivity contribution in [2.24, 2.45) is 0 Å². The fourth-order valence-corrected chi connectivity index (χ4v) is 4.49. The van der Waals surface area contributed by atoms with Gasteiger partial charge in [-0.2, -0.15) is 0 Å². The number of benzene rings is 1. The van der Waals surface area contributed by atoms with Crippen molar-refractivity contribution < 1.29 is 14.3 Å². The molecule has 3 aromatic rings. The van der Waals surface area contributed by atoms with Crippen LogP contribution in [0.4, 0.5) is 5.69 Å². The number of Topliss-reactive ketones (excluding diaryl/α,β-unsaturated/α-hetero) is 1. The van der Waals surface area contributed by atoms with Gasteiger partial charge < -0.3 is 15.8 Å². The second-order valence-corrected chi connectivity index (χ2v) is 8.68. The lowest BCUT2D eigenvalue weighted by atomic mass is 10.1. The molecule has 1 aromatic carbocycles. The molecule has 3 N–H and O–H groups in total. The summed E-state index contributed by atoms with van der Waals surface area (Å²) < 4.78 is 5.95. The van der Waals surface area contributed by atoms with Crippen LogP contribution in [0.1, 0.15) is 27.7 Å². The second kappa shape index (κ2) is 8.91. The summed E-state index contributed by atoms with van der Waals surface area (Å²) in [5.74, 6) is 0.444.